The first-order valence-electron chi connectivity index (χ1n) is 11.3. The van der Waals surface area contributed by atoms with Gasteiger partial charge in [0.05, 0.1) is 0 Å². The molecular weight excluding hydrogens is 454 g/mol. The summed E-state index contributed by atoms with van der Waals surface area (Å²) in [5.74, 6) is -0.0890. The molecule has 0 saturated heterocycles. The van der Waals surface area contributed by atoms with Crippen LogP contribution in [0.15, 0.2) is 108 Å². The molecule has 6 heteroatoms. The number of benzene rings is 4. The molecule has 4 aromatic carbocycles. The van der Waals surface area contributed by atoms with Crippen LogP contribution in [-0.2, 0) is 4.79 Å². The van der Waals surface area contributed by atoms with Gasteiger partial charge in [-0.15, -0.1) is 11.8 Å². The van der Waals surface area contributed by atoms with Crippen LogP contribution < -0.4 is 16.0 Å². The molecule has 35 heavy (non-hydrogen) atoms. The molecule has 1 atom stereocenters. The number of para-hydroxylation sites is 1. The number of urea groups is 1. The number of thioether (sulfide) groups is 1. The number of carbonyl (C=O) groups is 2. The van der Waals surface area contributed by atoms with Crippen molar-refractivity contribution >= 4 is 40.8 Å². The van der Waals surface area contributed by atoms with Crippen molar-refractivity contribution < 1.29 is 9.59 Å². The highest BCUT2D eigenvalue weighted by Crippen LogP contribution is 2.36. The van der Waals surface area contributed by atoms with Crippen LogP contribution in [0.5, 0.6) is 0 Å². The molecule has 3 N–H and O–H groups in total. The second-order valence-electron chi connectivity index (χ2n) is 8.17. The summed E-state index contributed by atoms with van der Waals surface area (Å²) in [6, 6.07) is 32.1. The molecule has 0 aliphatic heterocycles. The SMILES string of the molecule is Cc1ccc(NC(=O)C(Sc2ccc(NC(=O)Nc3ccccc3)cc2)c2ccccc2)cc1C. The zero-order valence-corrected chi connectivity index (χ0v) is 20.4. The van der Waals surface area contributed by atoms with Crippen molar-refractivity contribution in [3.05, 3.63) is 120 Å². The van der Waals surface area contributed by atoms with Gasteiger partial charge in [-0.25, -0.2) is 4.79 Å². The van der Waals surface area contributed by atoms with Crippen molar-refractivity contribution in [3.63, 3.8) is 0 Å². The number of carbonyl (C=O) groups excluding carboxylic acids is 2. The summed E-state index contributed by atoms with van der Waals surface area (Å²) in [5.41, 5.74) is 5.40. The summed E-state index contributed by atoms with van der Waals surface area (Å²) in [4.78, 5) is 26.5. The molecule has 0 bridgehead atoms. The first-order chi connectivity index (χ1) is 17.0. The molecule has 0 radical (unpaired) electrons. The van der Waals surface area contributed by atoms with Crippen molar-refractivity contribution in [2.45, 2.75) is 24.0 Å². The third-order valence-electron chi connectivity index (χ3n) is 5.51. The highest BCUT2D eigenvalue weighted by Gasteiger charge is 2.22. The maximum Gasteiger partial charge on any atom is 0.323 e. The zero-order valence-electron chi connectivity index (χ0n) is 19.6. The normalized spacial score (nSPS) is 11.4. The van der Waals surface area contributed by atoms with Gasteiger partial charge in [-0.05, 0) is 79.1 Å². The molecule has 3 amide bonds. The van der Waals surface area contributed by atoms with E-state index in [0.717, 1.165) is 27.4 Å². The molecule has 0 fully saturated rings. The first-order valence-corrected chi connectivity index (χ1v) is 12.2. The van der Waals surface area contributed by atoms with E-state index in [0.29, 0.717) is 5.69 Å². The van der Waals surface area contributed by atoms with Crippen LogP contribution in [0.3, 0.4) is 0 Å². The Bertz CT molecular complexity index is 1290. The second kappa shape index (κ2) is 11.4. The fourth-order valence-electron chi connectivity index (χ4n) is 3.50. The molecule has 4 rings (SSSR count). The summed E-state index contributed by atoms with van der Waals surface area (Å²) in [6.45, 7) is 4.08. The van der Waals surface area contributed by atoms with E-state index in [9.17, 15) is 9.59 Å². The lowest BCUT2D eigenvalue weighted by Gasteiger charge is -2.18. The maximum absolute atomic E-state index is 13.3. The van der Waals surface area contributed by atoms with Gasteiger partial charge in [-0.1, -0.05) is 54.6 Å². The van der Waals surface area contributed by atoms with Crippen LogP contribution in [0.2, 0.25) is 0 Å². The van der Waals surface area contributed by atoms with Gasteiger partial charge in [-0.2, -0.15) is 0 Å². The van der Waals surface area contributed by atoms with E-state index in [-0.39, 0.29) is 11.9 Å². The van der Waals surface area contributed by atoms with Crippen LogP contribution in [0, 0.1) is 13.8 Å². The molecule has 0 spiro atoms. The van der Waals surface area contributed by atoms with Gasteiger partial charge < -0.3 is 16.0 Å². The van der Waals surface area contributed by atoms with E-state index >= 15 is 0 Å². The summed E-state index contributed by atoms with van der Waals surface area (Å²) >= 11 is 1.47. The molecule has 0 aromatic heterocycles. The summed E-state index contributed by atoms with van der Waals surface area (Å²) in [5, 5.41) is 8.26. The third kappa shape index (κ3) is 6.74. The lowest BCUT2D eigenvalue weighted by Crippen LogP contribution is -2.19. The molecule has 4 aromatic rings. The average molecular weight is 482 g/mol. The van der Waals surface area contributed by atoms with Crippen molar-refractivity contribution in [2.24, 2.45) is 0 Å². The number of rotatable bonds is 7. The fraction of sp³-hybridized carbons (Fsp3) is 0.103. The van der Waals surface area contributed by atoms with Crippen LogP contribution in [-0.4, -0.2) is 11.9 Å². The number of nitrogens with one attached hydrogen (secondary N) is 3. The van der Waals surface area contributed by atoms with E-state index in [4.69, 9.17) is 0 Å². The largest absolute Gasteiger partial charge is 0.325 e. The van der Waals surface area contributed by atoms with Crippen molar-refractivity contribution in [3.8, 4) is 0 Å². The van der Waals surface area contributed by atoms with E-state index in [1.54, 1.807) is 0 Å². The Kier molecular flexibility index (Phi) is 7.85. The van der Waals surface area contributed by atoms with E-state index in [1.807, 2.05) is 117 Å². The minimum absolute atomic E-state index is 0.0890. The molecule has 176 valence electrons. The molecule has 0 saturated carbocycles. The summed E-state index contributed by atoms with van der Waals surface area (Å²) < 4.78 is 0. The first kappa shape index (κ1) is 24.1. The van der Waals surface area contributed by atoms with Gasteiger partial charge in [0.25, 0.3) is 0 Å². The lowest BCUT2D eigenvalue weighted by molar-refractivity contribution is -0.115. The highest BCUT2D eigenvalue weighted by atomic mass is 32.2. The number of hydrogen-bond acceptors (Lipinski definition) is 3. The number of hydrogen-bond donors (Lipinski definition) is 3. The zero-order chi connectivity index (χ0) is 24.6. The topological polar surface area (TPSA) is 70.2 Å². The van der Waals surface area contributed by atoms with Crippen molar-refractivity contribution in [2.75, 3.05) is 16.0 Å². The third-order valence-corrected chi connectivity index (χ3v) is 6.78. The second-order valence-corrected chi connectivity index (χ2v) is 9.34. The minimum atomic E-state index is -0.432. The molecule has 5 nitrogen and oxygen atoms in total. The van der Waals surface area contributed by atoms with Crippen LogP contribution in [0.4, 0.5) is 21.9 Å². The van der Waals surface area contributed by atoms with Crippen molar-refractivity contribution in [1.82, 2.24) is 0 Å². The molecule has 0 aliphatic rings. The standard InChI is InChI=1S/C29H27N3O2S/c1-20-13-14-25(19-21(20)2)30-28(33)27(22-9-5-3-6-10-22)35-26-17-15-24(16-18-26)32-29(34)31-23-11-7-4-8-12-23/h3-19,27H,1-2H3,(H,30,33)(H2,31,32,34). The van der Waals surface area contributed by atoms with Gasteiger partial charge in [0.2, 0.25) is 5.91 Å². The van der Waals surface area contributed by atoms with Gasteiger partial charge >= 0.3 is 6.03 Å². The molecule has 0 aliphatic carbocycles. The quantitative estimate of drug-likeness (QED) is 0.241. The highest BCUT2D eigenvalue weighted by molar-refractivity contribution is 8.00. The smallest absolute Gasteiger partial charge is 0.323 e. The number of aryl methyl sites for hydroxylation is 2. The Morgan fingerprint density at radius 3 is 1.83 bits per heavy atom. The van der Waals surface area contributed by atoms with E-state index in [1.165, 1.54) is 17.3 Å². The molecular formula is C29H27N3O2S. The van der Waals surface area contributed by atoms with E-state index < -0.39 is 5.25 Å². The van der Waals surface area contributed by atoms with Crippen LogP contribution >= 0.6 is 11.8 Å². The number of amides is 3. The summed E-state index contributed by atoms with van der Waals surface area (Å²) in [6.07, 6.45) is 0. The molecule has 1 unspecified atom stereocenters. The minimum Gasteiger partial charge on any atom is -0.325 e. The molecule has 0 heterocycles. The Labute approximate surface area is 210 Å². The van der Waals surface area contributed by atoms with Crippen LogP contribution in [0.25, 0.3) is 0 Å². The van der Waals surface area contributed by atoms with Gasteiger partial charge in [-0.3, -0.25) is 4.79 Å². The van der Waals surface area contributed by atoms with Gasteiger partial charge in [0.15, 0.2) is 0 Å². The average Bonchev–Trinajstić information content (AvgIpc) is 2.87. The monoisotopic (exact) mass is 481 g/mol. The Morgan fingerprint density at radius 2 is 1.20 bits per heavy atom. The Hall–Kier alpha value is -4.03. The van der Waals surface area contributed by atoms with Gasteiger partial charge in [0, 0.05) is 22.0 Å². The fourth-order valence-corrected chi connectivity index (χ4v) is 4.52. The predicted octanol–water partition coefficient (Wildman–Crippen LogP) is 7.42. The van der Waals surface area contributed by atoms with Gasteiger partial charge in [0.1, 0.15) is 5.25 Å². The summed E-state index contributed by atoms with van der Waals surface area (Å²) in [7, 11) is 0. The maximum atomic E-state index is 13.3. The Balaban J connectivity index is 1.45. The van der Waals surface area contributed by atoms with Crippen LogP contribution in [0.1, 0.15) is 21.9 Å². The van der Waals surface area contributed by atoms with Crippen molar-refractivity contribution in [1.29, 1.82) is 0 Å². The Morgan fingerprint density at radius 1 is 0.629 bits per heavy atom. The van der Waals surface area contributed by atoms with E-state index in [2.05, 4.69) is 16.0 Å². The predicted molar refractivity (Wildman–Crippen MR) is 145 cm³/mol. The number of anilines is 3. The lowest BCUT2D eigenvalue weighted by atomic mass is 10.1.